The average Bonchev–Trinajstić information content (AvgIpc) is 3.07. The first kappa shape index (κ1) is 20.6. The molecule has 2 aromatic heterocycles. The summed E-state index contributed by atoms with van der Waals surface area (Å²) in [4.78, 5) is 16.5. The van der Waals surface area contributed by atoms with Gasteiger partial charge in [0.2, 0.25) is 11.8 Å². The van der Waals surface area contributed by atoms with E-state index in [-0.39, 0.29) is 11.8 Å². The Balaban J connectivity index is 1.79. The van der Waals surface area contributed by atoms with Gasteiger partial charge in [-0.3, -0.25) is 0 Å². The minimum Gasteiger partial charge on any atom is -0.440 e. The number of hydrogen-bond donors (Lipinski definition) is 1. The van der Waals surface area contributed by atoms with Crippen LogP contribution in [0.4, 0.5) is 5.95 Å². The lowest BCUT2D eigenvalue weighted by molar-refractivity contribution is 0.529. The van der Waals surface area contributed by atoms with Crippen LogP contribution in [-0.2, 0) is 20.3 Å². The van der Waals surface area contributed by atoms with Crippen molar-refractivity contribution in [2.24, 2.45) is 0 Å². The first-order chi connectivity index (χ1) is 13.1. The van der Waals surface area contributed by atoms with Crippen LogP contribution in [0.25, 0.3) is 11.3 Å². The van der Waals surface area contributed by atoms with Crippen LogP contribution in [0.5, 0.6) is 0 Å². The molecule has 0 unspecified atom stereocenters. The summed E-state index contributed by atoms with van der Waals surface area (Å²) in [6, 6.07) is 7.26. The minimum atomic E-state index is -3.45. The molecule has 3 rings (SSSR count). The van der Waals surface area contributed by atoms with Crippen LogP contribution >= 0.6 is 23.4 Å². The average molecular weight is 440 g/mol. The van der Waals surface area contributed by atoms with Crippen molar-refractivity contribution < 1.29 is 12.8 Å². The molecule has 0 spiro atoms. The fraction of sp³-hybridized carbons (Fsp3) is 0.294. The molecule has 0 saturated carbocycles. The smallest absolute Gasteiger partial charge is 0.224 e. The third-order valence-corrected chi connectivity index (χ3v) is 7.19. The Morgan fingerprint density at radius 3 is 2.68 bits per heavy atom. The number of halogens is 1. The lowest BCUT2D eigenvalue weighted by atomic mass is 10.2. The topological polar surface area (TPSA) is 125 Å². The van der Waals surface area contributed by atoms with E-state index in [1.165, 1.54) is 25.6 Å². The molecule has 0 aliphatic carbocycles. The van der Waals surface area contributed by atoms with E-state index >= 15 is 0 Å². The lowest BCUT2D eigenvalue weighted by Crippen LogP contribution is -2.31. The SMILES string of the molecule is CC(C)(c1nc(N)nc(SCc2ncc(-c3cccc(Cl)c3)o2)n1)S(C)(=O)=O. The summed E-state index contributed by atoms with van der Waals surface area (Å²) in [5.41, 5.74) is 6.56. The highest BCUT2D eigenvalue weighted by Gasteiger charge is 2.36. The Kier molecular flexibility index (Phi) is 5.64. The fourth-order valence-electron chi connectivity index (χ4n) is 2.15. The van der Waals surface area contributed by atoms with E-state index < -0.39 is 14.6 Å². The van der Waals surface area contributed by atoms with Gasteiger partial charge in [-0.05, 0) is 26.0 Å². The molecular weight excluding hydrogens is 422 g/mol. The van der Waals surface area contributed by atoms with Crippen LogP contribution in [-0.4, -0.2) is 34.6 Å². The first-order valence-electron chi connectivity index (χ1n) is 8.11. The highest BCUT2D eigenvalue weighted by molar-refractivity contribution is 7.98. The van der Waals surface area contributed by atoms with Gasteiger partial charge in [0.15, 0.2) is 26.6 Å². The van der Waals surface area contributed by atoms with E-state index in [0.29, 0.717) is 27.6 Å². The Bertz CT molecular complexity index is 1120. The number of oxazole rings is 1. The summed E-state index contributed by atoms with van der Waals surface area (Å²) in [7, 11) is -3.45. The Morgan fingerprint density at radius 2 is 2.00 bits per heavy atom. The maximum absolute atomic E-state index is 12.0. The zero-order chi connectivity index (χ0) is 20.5. The summed E-state index contributed by atoms with van der Waals surface area (Å²) in [6.07, 6.45) is 2.74. The number of anilines is 1. The number of hydrogen-bond acceptors (Lipinski definition) is 9. The molecule has 0 radical (unpaired) electrons. The second kappa shape index (κ2) is 7.69. The molecule has 0 atom stereocenters. The largest absolute Gasteiger partial charge is 0.440 e. The van der Waals surface area contributed by atoms with E-state index in [1.54, 1.807) is 18.3 Å². The zero-order valence-corrected chi connectivity index (χ0v) is 17.8. The van der Waals surface area contributed by atoms with Gasteiger partial charge in [-0.15, -0.1) is 0 Å². The standard InChI is InChI=1S/C17H18ClN5O3S2/c1-17(2,28(3,24)25)14-21-15(19)23-16(22-14)27-9-13-20-8-12(26-13)10-5-4-6-11(18)7-10/h4-8H,9H2,1-3H3,(H2,19,21,22,23). The minimum absolute atomic E-state index is 0.0451. The highest BCUT2D eigenvalue weighted by Crippen LogP contribution is 2.29. The number of aromatic nitrogens is 4. The van der Waals surface area contributed by atoms with Gasteiger partial charge in [-0.2, -0.15) is 9.97 Å². The van der Waals surface area contributed by atoms with Gasteiger partial charge in [0.25, 0.3) is 0 Å². The second-order valence-corrected chi connectivity index (χ2v) is 10.4. The van der Waals surface area contributed by atoms with Crippen molar-refractivity contribution >= 4 is 39.1 Å². The molecule has 2 N–H and O–H groups in total. The zero-order valence-electron chi connectivity index (χ0n) is 15.4. The molecule has 0 saturated heterocycles. The molecule has 0 amide bonds. The molecule has 0 aliphatic rings. The monoisotopic (exact) mass is 439 g/mol. The molecular formula is C17H18ClN5O3S2. The number of rotatable bonds is 6. The van der Waals surface area contributed by atoms with Gasteiger partial charge in [0.05, 0.1) is 11.9 Å². The molecule has 0 fully saturated rings. The summed E-state index contributed by atoms with van der Waals surface area (Å²) in [5, 5.41) is 0.897. The van der Waals surface area contributed by atoms with Gasteiger partial charge < -0.3 is 10.2 Å². The normalized spacial score (nSPS) is 12.3. The molecule has 8 nitrogen and oxygen atoms in total. The van der Waals surface area contributed by atoms with Gasteiger partial charge in [-0.25, -0.2) is 18.4 Å². The van der Waals surface area contributed by atoms with Crippen LogP contribution in [0.15, 0.2) is 40.0 Å². The third-order valence-electron chi connectivity index (χ3n) is 4.09. The summed E-state index contributed by atoms with van der Waals surface area (Å²) >= 11 is 7.22. The molecule has 28 heavy (non-hydrogen) atoms. The quantitative estimate of drug-likeness (QED) is 0.575. The molecule has 11 heteroatoms. The van der Waals surface area contributed by atoms with Crippen LogP contribution in [0.2, 0.25) is 5.02 Å². The van der Waals surface area contributed by atoms with E-state index in [2.05, 4.69) is 19.9 Å². The molecule has 148 valence electrons. The van der Waals surface area contributed by atoms with E-state index in [9.17, 15) is 8.42 Å². The van der Waals surface area contributed by atoms with E-state index in [0.717, 1.165) is 11.8 Å². The van der Waals surface area contributed by atoms with Crippen LogP contribution in [0.3, 0.4) is 0 Å². The van der Waals surface area contributed by atoms with Gasteiger partial charge in [0, 0.05) is 16.8 Å². The molecule has 0 aliphatic heterocycles. The van der Waals surface area contributed by atoms with Crippen molar-refractivity contribution in [2.75, 3.05) is 12.0 Å². The van der Waals surface area contributed by atoms with Crippen LogP contribution in [0.1, 0.15) is 25.6 Å². The fourth-order valence-corrected chi connectivity index (χ4v) is 3.46. The van der Waals surface area contributed by atoms with Gasteiger partial charge in [0.1, 0.15) is 4.75 Å². The van der Waals surface area contributed by atoms with Crippen molar-refractivity contribution in [2.45, 2.75) is 29.5 Å². The maximum atomic E-state index is 12.0. The second-order valence-electron chi connectivity index (χ2n) is 6.50. The number of benzene rings is 1. The first-order valence-corrected chi connectivity index (χ1v) is 11.4. The molecule has 2 heterocycles. The predicted octanol–water partition coefficient (Wildman–Crippen LogP) is 3.33. The lowest BCUT2D eigenvalue weighted by Gasteiger charge is -2.20. The Morgan fingerprint density at radius 1 is 1.25 bits per heavy atom. The number of nitrogen functional groups attached to an aromatic ring is 1. The Hall–Kier alpha value is -2.17. The summed E-state index contributed by atoms with van der Waals surface area (Å²) in [6.45, 7) is 3.05. The Labute approximate surface area is 171 Å². The van der Waals surface area contributed by atoms with Crippen molar-refractivity contribution in [1.29, 1.82) is 0 Å². The number of thioether (sulfide) groups is 1. The third kappa shape index (κ3) is 4.45. The van der Waals surface area contributed by atoms with Crippen molar-refractivity contribution in [3.8, 4) is 11.3 Å². The number of nitrogens with zero attached hydrogens (tertiary/aromatic N) is 4. The molecule has 0 bridgehead atoms. The van der Waals surface area contributed by atoms with Gasteiger partial charge in [-0.1, -0.05) is 35.5 Å². The van der Waals surface area contributed by atoms with E-state index in [1.807, 2.05) is 12.1 Å². The predicted molar refractivity (Wildman–Crippen MR) is 109 cm³/mol. The van der Waals surface area contributed by atoms with Crippen molar-refractivity contribution in [1.82, 2.24) is 19.9 Å². The van der Waals surface area contributed by atoms with Crippen LogP contribution < -0.4 is 5.73 Å². The molecule has 3 aromatic rings. The maximum Gasteiger partial charge on any atom is 0.224 e. The number of nitrogens with two attached hydrogens (primary N) is 1. The van der Waals surface area contributed by atoms with Crippen LogP contribution in [0, 0.1) is 0 Å². The van der Waals surface area contributed by atoms with E-state index in [4.69, 9.17) is 21.8 Å². The summed E-state index contributed by atoms with van der Waals surface area (Å²) < 4.78 is 28.5. The summed E-state index contributed by atoms with van der Waals surface area (Å²) in [5.74, 6) is 1.44. The van der Waals surface area contributed by atoms with Crippen molar-refractivity contribution in [3.05, 3.63) is 47.2 Å². The molecule has 1 aromatic carbocycles. The highest BCUT2D eigenvalue weighted by atomic mass is 35.5. The van der Waals surface area contributed by atoms with Crippen molar-refractivity contribution in [3.63, 3.8) is 0 Å². The number of sulfone groups is 1. The van der Waals surface area contributed by atoms with Gasteiger partial charge >= 0.3 is 0 Å².